The molecule has 0 radical (unpaired) electrons. The monoisotopic (exact) mass is 507 g/mol. The van der Waals surface area contributed by atoms with Crippen molar-refractivity contribution in [3.8, 4) is 0 Å². The van der Waals surface area contributed by atoms with Gasteiger partial charge in [-0.15, -0.1) is 0 Å². The van der Waals surface area contributed by atoms with Gasteiger partial charge in [0.1, 0.15) is 7.63 Å². The molecule has 6 N–H and O–H groups in total. The standard InChI is InChI=1S/C24H38N6O6/c1-16(2)22(29-19(33)8-4-3-5-13-30-20(34)9-10-21(30)35)18(32)15-17(23(36)27-12-14-31)7-6-11-28-24(25)26/h9-10,14,16-17,22H,3-8,11-13,15H2,1-2H3,(H,27,36)(H,29,33)(H4,25,26,28)/t17-,22+/m1/s1/i14D. The Bertz CT molecular complexity index is 897. The molecule has 0 saturated heterocycles. The van der Waals surface area contributed by atoms with Crippen LogP contribution in [0.3, 0.4) is 0 Å². The number of imide groups is 1. The van der Waals surface area contributed by atoms with Crippen LogP contribution in [-0.4, -0.2) is 72.2 Å². The Labute approximate surface area is 212 Å². The molecule has 0 unspecified atom stereocenters. The second-order valence-corrected chi connectivity index (χ2v) is 8.94. The minimum atomic E-state index is -0.957. The van der Waals surface area contributed by atoms with Crippen molar-refractivity contribution in [1.29, 1.82) is 0 Å². The van der Waals surface area contributed by atoms with Crippen LogP contribution in [0, 0.1) is 11.8 Å². The Kier molecular flexibility index (Phi) is 12.9. The minimum absolute atomic E-state index is 0.0884. The topological polar surface area (TPSA) is 194 Å². The van der Waals surface area contributed by atoms with Crippen molar-refractivity contribution in [3.63, 3.8) is 0 Å². The average Bonchev–Trinajstić information content (AvgIpc) is 3.14. The lowest BCUT2D eigenvalue weighted by Crippen LogP contribution is -2.46. The molecule has 1 aliphatic rings. The van der Waals surface area contributed by atoms with Crippen LogP contribution in [-0.2, 0) is 28.8 Å². The Morgan fingerprint density at radius 3 is 2.36 bits per heavy atom. The van der Waals surface area contributed by atoms with Crippen molar-refractivity contribution in [2.75, 3.05) is 19.6 Å². The van der Waals surface area contributed by atoms with Crippen molar-refractivity contribution in [1.82, 2.24) is 15.5 Å². The fourth-order valence-electron chi connectivity index (χ4n) is 3.76. The molecule has 0 aliphatic carbocycles. The lowest BCUT2D eigenvalue weighted by Gasteiger charge is -2.24. The Hall–Kier alpha value is -3.57. The third-order valence-corrected chi connectivity index (χ3v) is 5.67. The predicted molar refractivity (Wildman–Crippen MR) is 133 cm³/mol. The SMILES string of the molecule is [2H]C(=O)CNC(=O)[C@H](CCCN=C(N)N)CC(=O)[C@@H](NC(=O)CCCCCN1C(=O)C=CC1=O)C(C)C. The summed E-state index contributed by atoms with van der Waals surface area (Å²) < 4.78 is 6.96. The van der Waals surface area contributed by atoms with Crippen molar-refractivity contribution in [2.45, 2.75) is 64.8 Å². The van der Waals surface area contributed by atoms with Crippen molar-refractivity contribution < 1.29 is 30.1 Å². The van der Waals surface area contributed by atoms with E-state index in [0.29, 0.717) is 25.7 Å². The molecule has 0 aromatic heterocycles. The molecular formula is C24H38N6O6. The highest BCUT2D eigenvalue weighted by Crippen LogP contribution is 2.17. The number of rotatable bonds is 18. The molecule has 1 heterocycles. The number of Topliss-reactive ketones (excluding diaryl/α,β-unsaturated/α-hetero) is 1. The summed E-state index contributed by atoms with van der Waals surface area (Å²) in [5, 5.41) is 5.11. The van der Waals surface area contributed by atoms with Crippen molar-refractivity contribution in [3.05, 3.63) is 12.2 Å². The zero-order valence-corrected chi connectivity index (χ0v) is 21.0. The van der Waals surface area contributed by atoms with Crippen LogP contribution >= 0.6 is 0 Å². The van der Waals surface area contributed by atoms with Gasteiger partial charge in [-0.25, -0.2) is 0 Å². The predicted octanol–water partition coefficient (Wildman–Crippen LogP) is -0.443. The van der Waals surface area contributed by atoms with E-state index in [1.165, 1.54) is 12.2 Å². The number of nitrogens with zero attached hydrogens (tertiary/aromatic N) is 2. The third kappa shape index (κ3) is 11.2. The number of carbonyl (C=O) groups is 6. The van der Waals surface area contributed by atoms with E-state index < -0.39 is 30.7 Å². The molecule has 0 saturated carbocycles. The van der Waals surface area contributed by atoms with E-state index in [0.717, 1.165) is 4.90 Å². The number of hydrogen-bond acceptors (Lipinski definition) is 7. The molecule has 0 aromatic carbocycles. The molecule has 2 atom stereocenters. The van der Waals surface area contributed by atoms with Crippen LogP contribution in [0.15, 0.2) is 17.1 Å². The van der Waals surface area contributed by atoms with Crippen LogP contribution in [0.4, 0.5) is 0 Å². The summed E-state index contributed by atoms with van der Waals surface area (Å²) in [5.41, 5.74) is 10.6. The number of aldehydes is 1. The molecular weight excluding hydrogens is 468 g/mol. The first-order chi connectivity index (χ1) is 17.4. The first-order valence-electron chi connectivity index (χ1n) is 12.6. The average molecular weight is 508 g/mol. The lowest BCUT2D eigenvalue weighted by molar-refractivity contribution is -0.137. The minimum Gasteiger partial charge on any atom is -0.370 e. The number of nitrogens with two attached hydrogens (primary N) is 2. The largest absolute Gasteiger partial charge is 0.370 e. The van der Waals surface area contributed by atoms with E-state index in [2.05, 4.69) is 15.6 Å². The second kappa shape index (κ2) is 16.2. The van der Waals surface area contributed by atoms with Crippen LogP contribution < -0.4 is 22.1 Å². The zero-order chi connectivity index (χ0) is 28.0. The Balaban J connectivity index is 2.60. The van der Waals surface area contributed by atoms with Gasteiger partial charge in [0.2, 0.25) is 11.8 Å². The van der Waals surface area contributed by atoms with E-state index in [1.807, 2.05) is 0 Å². The molecule has 1 rings (SSSR count). The van der Waals surface area contributed by atoms with Crippen molar-refractivity contribution >= 4 is 41.6 Å². The van der Waals surface area contributed by atoms with Gasteiger partial charge in [0.05, 0.1) is 12.6 Å². The van der Waals surface area contributed by atoms with E-state index in [9.17, 15) is 28.8 Å². The molecule has 12 heteroatoms. The maximum Gasteiger partial charge on any atom is 0.253 e. The first-order valence-corrected chi connectivity index (χ1v) is 12.1. The van der Waals surface area contributed by atoms with Gasteiger partial charge in [0.15, 0.2) is 11.7 Å². The van der Waals surface area contributed by atoms with Crippen LogP contribution in [0.2, 0.25) is 0 Å². The number of hydrogen-bond donors (Lipinski definition) is 4. The van der Waals surface area contributed by atoms with E-state index >= 15 is 0 Å². The summed E-state index contributed by atoms with van der Waals surface area (Å²) >= 11 is 0. The summed E-state index contributed by atoms with van der Waals surface area (Å²) in [5.74, 6) is -2.92. The molecule has 0 bridgehead atoms. The van der Waals surface area contributed by atoms with Gasteiger partial charge in [-0.1, -0.05) is 20.3 Å². The Morgan fingerprint density at radius 2 is 1.78 bits per heavy atom. The summed E-state index contributed by atoms with van der Waals surface area (Å²) in [6.07, 6.45) is 3.91. The van der Waals surface area contributed by atoms with Gasteiger partial charge >= 0.3 is 0 Å². The van der Waals surface area contributed by atoms with Crippen LogP contribution in [0.5, 0.6) is 0 Å². The quantitative estimate of drug-likeness (QED) is 0.0630. The van der Waals surface area contributed by atoms with Gasteiger partial charge < -0.3 is 26.9 Å². The molecule has 36 heavy (non-hydrogen) atoms. The number of amides is 4. The van der Waals surface area contributed by atoms with Gasteiger partial charge in [0.25, 0.3) is 11.8 Å². The fraction of sp³-hybridized carbons (Fsp3) is 0.625. The van der Waals surface area contributed by atoms with E-state index in [1.54, 1.807) is 13.8 Å². The number of carbonyl (C=O) groups excluding carboxylic acids is 6. The number of ketones is 1. The van der Waals surface area contributed by atoms with Gasteiger partial charge in [-0.3, -0.25) is 33.9 Å². The van der Waals surface area contributed by atoms with E-state index in [4.69, 9.17) is 12.8 Å². The van der Waals surface area contributed by atoms with Crippen LogP contribution in [0.25, 0.3) is 0 Å². The molecule has 0 spiro atoms. The summed E-state index contributed by atoms with van der Waals surface area (Å²) in [6.45, 7) is 3.66. The smallest absolute Gasteiger partial charge is 0.253 e. The second-order valence-electron chi connectivity index (χ2n) is 8.94. The molecule has 0 aromatic rings. The highest BCUT2D eigenvalue weighted by atomic mass is 16.2. The number of nitrogens with one attached hydrogen (secondary N) is 2. The van der Waals surface area contributed by atoms with Crippen molar-refractivity contribution in [2.24, 2.45) is 28.3 Å². The molecule has 12 nitrogen and oxygen atoms in total. The molecule has 200 valence electrons. The number of aliphatic imine (C=N–C) groups is 1. The Morgan fingerprint density at radius 1 is 1.11 bits per heavy atom. The first kappa shape index (κ1) is 28.7. The highest BCUT2D eigenvalue weighted by Gasteiger charge is 2.29. The molecule has 0 fully saturated rings. The van der Waals surface area contributed by atoms with Gasteiger partial charge in [0, 0.05) is 44.0 Å². The number of guanidine groups is 1. The maximum absolute atomic E-state index is 13.1. The van der Waals surface area contributed by atoms with E-state index in [-0.39, 0.29) is 67.7 Å². The normalized spacial score (nSPS) is 14.9. The number of unbranched alkanes of at least 4 members (excludes halogenated alkanes) is 2. The summed E-state index contributed by atoms with van der Waals surface area (Å²) in [6, 6.07) is -0.802. The summed E-state index contributed by atoms with van der Waals surface area (Å²) in [4.78, 5) is 77.1. The molecule has 1 aliphatic heterocycles. The third-order valence-electron chi connectivity index (χ3n) is 5.67. The maximum atomic E-state index is 13.1. The fourth-order valence-corrected chi connectivity index (χ4v) is 3.76. The van der Waals surface area contributed by atoms with Gasteiger partial charge in [-0.2, -0.15) is 0 Å². The van der Waals surface area contributed by atoms with Gasteiger partial charge in [-0.05, 0) is 31.6 Å². The lowest BCUT2D eigenvalue weighted by atomic mass is 9.89. The molecule has 4 amide bonds. The highest BCUT2D eigenvalue weighted by molar-refractivity contribution is 6.12. The summed E-state index contributed by atoms with van der Waals surface area (Å²) in [7, 11) is 0. The van der Waals surface area contributed by atoms with Crippen LogP contribution in [0.1, 0.15) is 60.2 Å². The zero-order valence-electron chi connectivity index (χ0n) is 22.0.